The Kier molecular flexibility index (Phi) is 6.54. The summed E-state index contributed by atoms with van der Waals surface area (Å²) in [5, 5.41) is 12.2. The summed E-state index contributed by atoms with van der Waals surface area (Å²) >= 11 is 1.63. The molecule has 1 aromatic carbocycles. The zero-order valence-electron chi connectivity index (χ0n) is 12.5. The molecule has 1 heterocycles. The fourth-order valence-electron chi connectivity index (χ4n) is 2.87. The maximum absolute atomic E-state index is 12.3. The number of carbonyl (C=O) groups excluding carboxylic acids is 1. The smallest absolute Gasteiger partial charge is 0.238 e. The van der Waals surface area contributed by atoms with Crippen LogP contribution in [0.1, 0.15) is 25.7 Å². The van der Waals surface area contributed by atoms with Gasteiger partial charge in [-0.3, -0.25) is 9.69 Å². The van der Waals surface area contributed by atoms with Crippen molar-refractivity contribution in [1.82, 2.24) is 4.90 Å². The van der Waals surface area contributed by atoms with Gasteiger partial charge < -0.3 is 10.4 Å². The minimum atomic E-state index is 0.0290. The number of para-hydroxylation sites is 1. The van der Waals surface area contributed by atoms with Crippen LogP contribution >= 0.6 is 11.8 Å². The van der Waals surface area contributed by atoms with Gasteiger partial charge in [0.25, 0.3) is 0 Å². The number of rotatable bonds is 6. The van der Waals surface area contributed by atoms with E-state index in [1.54, 1.807) is 11.8 Å². The molecule has 0 spiro atoms. The van der Waals surface area contributed by atoms with Crippen molar-refractivity contribution >= 4 is 23.4 Å². The Morgan fingerprint density at radius 3 is 3.00 bits per heavy atom. The third-order valence-electron chi connectivity index (χ3n) is 3.94. The number of hydrogen-bond acceptors (Lipinski definition) is 4. The number of hydrogen-bond donors (Lipinski definition) is 2. The minimum Gasteiger partial charge on any atom is -0.396 e. The SMILES string of the molecule is CSc1ccccc1NC(=O)CN1CCCCC1CCO. The van der Waals surface area contributed by atoms with Crippen molar-refractivity contribution < 1.29 is 9.90 Å². The molecule has 21 heavy (non-hydrogen) atoms. The van der Waals surface area contributed by atoms with E-state index in [-0.39, 0.29) is 12.5 Å². The molecule has 1 aromatic rings. The van der Waals surface area contributed by atoms with Gasteiger partial charge in [-0.1, -0.05) is 18.6 Å². The number of nitrogens with zero attached hydrogens (tertiary/aromatic N) is 1. The van der Waals surface area contributed by atoms with Gasteiger partial charge >= 0.3 is 0 Å². The van der Waals surface area contributed by atoms with Crippen LogP contribution in [-0.2, 0) is 4.79 Å². The number of aliphatic hydroxyl groups excluding tert-OH is 1. The van der Waals surface area contributed by atoms with Crippen LogP contribution in [-0.4, -0.2) is 47.9 Å². The largest absolute Gasteiger partial charge is 0.396 e. The molecule has 1 amide bonds. The lowest BCUT2D eigenvalue weighted by Gasteiger charge is -2.34. The molecule has 2 N–H and O–H groups in total. The first-order valence-electron chi connectivity index (χ1n) is 7.52. The van der Waals surface area contributed by atoms with Gasteiger partial charge in [0.15, 0.2) is 0 Å². The Bertz CT molecular complexity index is 465. The predicted molar refractivity (Wildman–Crippen MR) is 87.8 cm³/mol. The number of carbonyl (C=O) groups is 1. The van der Waals surface area contributed by atoms with Gasteiger partial charge in [0.2, 0.25) is 5.91 Å². The van der Waals surface area contributed by atoms with Crippen LogP contribution in [0, 0.1) is 0 Å². The summed E-state index contributed by atoms with van der Waals surface area (Å²) < 4.78 is 0. The molecule has 2 rings (SSSR count). The molecule has 1 aliphatic heterocycles. The quantitative estimate of drug-likeness (QED) is 0.793. The molecule has 0 aliphatic carbocycles. The Balaban J connectivity index is 1.94. The summed E-state index contributed by atoms with van der Waals surface area (Å²) in [7, 11) is 0. The highest BCUT2D eigenvalue weighted by Gasteiger charge is 2.23. The molecule has 4 nitrogen and oxygen atoms in total. The Hall–Kier alpha value is -1.04. The number of thioether (sulfide) groups is 1. The van der Waals surface area contributed by atoms with E-state index in [1.807, 2.05) is 30.5 Å². The van der Waals surface area contributed by atoms with Gasteiger partial charge in [0.1, 0.15) is 0 Å². The van der Waals surface area contributed by atoms with E-state index in [1.165, 1.54) is 6.42 Å². The number of piperidine rings is 1. The van der Waals surface area contributed by atoms with Gasteiger partial charge in [-0.2, -0.15) is 0 Å². The number of anilines is 1. The summed E-state index contributed by atoms with van der Waals surface area (Å²) in [5.41, 5.74) is 0.880. The number of likely N-dealkylation sites (tertiary alicyclic amines) is 1. The lowest BCUT2D eigenvalue weighted by molar-refractivity contribution is -0.118. The number of amides is 1. The molecule has 1 fully saturated rings. The summed E-state index contributed by atoms with van der Waals surface area (Å²) in [6.45, 7) is 1.55. The standard InChI is InChI=1S/C16H24N2O2S/c1-21-15-8-3-2-7-14(15)17-16(20)12-18-10-5-4-6-13(18)9-11-19/h2-3,7-8,13,19H,4-6,9-12H2,1H3,(H,17,20). The van der Waals surface area contributed by atoms with Crippen molar-refractivity contribution in [3.8, 4) is 0 Å². The Morgan fingerprint density at radius 1 is 1.43 bits per heavy atom. The van der Waals surface area contributed by atoms with E-state index >= 15 is 0 Å². The van der Waals surface area contributed by atoms with Gasteiger partial charge in [-0.15, -0.1) is 11.8 Å². The van der Waals surface area contributed by atoms with Crippen LogP contribution in [0.3, 0.4) is 0 Å². The van der Waals surface area contributed by atoms with E-state index in [9.17, 15) is 4.79 Å². The molecule has 5 heteroatoms. The van der Waals surface area contributed by atoms with E-state index in [0.717, 1.165) is 36.4 Å². The average Bonchev–Trinajstić information content (AvgIpc) is 2.50. The summed E-state index contributed by atoms with van der Waals surface area (Å²) in [6, 6.07) is 8.19. The normalized spacial score (nSPS) is 19.4. The van der Waals surface area contributed by atoms with E-state index in [0.29, 0.717) is 12.6 Å². The van der Waals surface area contributed by atoms with Gasteiger partial charge in [0, 0.05) is 17.5 Å². The fraction of sp³-hybridized carbons (Fsp3) is 0.562. The third kappa shape index (κ3) is 4.73. The second-order valence-electron chi connectivity index (χ2n) is 5.38. The molecule has 1 unspecified atom stereocenters. The Morgan fingerprint density at radius 2 is 2.24 bits per heavy atom. The maximum Gasteiger partial charge on any atom is 0.238 e. The summed E-state index contributed by atoms with van der Waals surface area (Å²) in [4.78, 5) is 15.6. The topological polar surface area (TPSA) is 52.6 Å². The van der Waals surface area contributed by atoms with Crippen LogP contribution in [0.25, 0.3) is 0 Å². The average molecular weight is 308 g/mol. The maximum atomic E-state index is 12.3. The minimum absolute atomic E-state index is 0.0290. The van der Waals surface area contributed by atoms with Gasteiger partial charge in [-0.25, -0.2) is 0 Å². The lowest BCUT2D eigenvalue weighted by atomic mass is 10.00. The third-order valence-corrected chi connectivity index (χ3v) is 4.73. The lowest BCUT2D eigenvalue weighted by Crippen LogP contribution is -2.44. The zero-order valence-corrected chi connectivity index (χ0v) is 13.4. The highest BCUT2D eigenvalue weighted by molar-refractivity contribution is 7.98. The molecular weight excluding hydrogens is 284 g/mol. The van der Waals surface area contributed by atoms with Gasteiger partial charge in [0.05, 0.1) is 12.2 Å². The van der Waals surface area contributed by atoms with Crippen molar-refractivity contribution in [3.05, 3.63) is 24.3 Å². The highest BCUT2D eigenvalue weighted by atomic mass is 32.2. The monoisotopic (exact) mass is 308 g/mol. The fourth-order valence-corrected chi connectivity index (χ4v) is 3.42. The first kappa shape index (κ1) is 16.3. The first-order valence-corrected chi connectivity index (χ1v) is 8.75. The molecule has 0 aromatic heterocycles. The summed E-state index contributed by atoms with van der Waals surface area (Å²) in [6.07, 6.45) is 6.17. The predicted octanol–water partition coefficient (Wildman–Crippen LogP) is 2.58. The van der Waals surface area contributed by atoms with Crippen molar-refractivity contribution in [2.45, 2.75) is 36.6 Å². The second-order valence-corrected chi connectivity index (χ2v) is 6.23. The van der Waals surface area contributed by atoms with E-state index in [2.05, 4.69) is 10.2 Å². The van der Waals surface area contributed by atoms with E-state index < -0.39 is 0 Å². The number of aliphatic hydroxyl groups is 1. The Labute approximate surface area is 130 Å². The van der Waals surface area contributed by atoms with Crippen LogP contribution in [0.5, 0.6) is 0 Å². The number of nitrogens with one attached hydrogen (secondary N) is 1. The van der Waals surface area contributed by atoms with Crippen molar-refractivity contribution in [2.75, 3.05) is 31.3 Å². The van der Waals surface area contributed by atoms with Crippen LogP contribution in [0.2, 0.25) is 0 Å². The molecule has 0 saturated carbocycles. The van der Waals surface area contributed by atoms with Crippen LogP contribution < -0.4 is 5.32 Å². The second kappa shape index (κ2) is 8.41. The summed E-state index contributed by atoms with van der Waals surface area (Å²) in [5.74, 6) is 0.0290. The first-order chi connectivity index (χ1) is 10.2. The van der Waals surface area contributed by atoms with Gasteiger partial charge in [-0.05, 0) is 44.2 Å². The zero-order chi connectivity index (χ0) is 15.1. The van der Waals surface area contributed by atoms with E-state index in [4.69, 9.17) is 5.11 Å². The van der Waals surface area contributed by atoms with Crippen molar-refractivity contribution in [3.63, 3.8) is 0 Å². The highest BCUT2D eigenvalue weighted by Crippen LogP contribution is 2.25. The molecule has 1 aliphatic rings. The molecular formula is C16H24N2O2S. The molecule has 1 atom stereocenters. The van der Waals surface area contributed by atoms with Crippen molar-refractivity contribution in [2.24, 2.45) is 0 Å². The molecule has 0 bridgehead atoms. The van der Waals surface area contributed by atoms with Crippen LogP contribution in [0.15, 0.2) is 29.2 Å². The van der Waals surface area contributed by atoms with Crippen LogP contribution in [0.4, 0.5) is 5.69 Å². The van der Waals surface area contributed by atoms with Crippen molar-refractivity contribution in [1.29, 1.82) is 0 Å². The number of benzene rings is 1. The molecule has 116 valence electrons. The molecule has 1 saturated heterocycles. The molecule has 0 radical (unpaired) electrons.